The van der Waals surface area contributed by atoms with Gasteiger partial charge in [0.1, 0.15) is 0 Å². The smallest absolute Gasteiger partial charge is 0.336 e. The number of amides is 1. The van der Waals surface area contributed by atoms with Gasteiger partial charge in [0.15, 0.2) is 0 Å². The van der Waals surface area contributed by atoms with Gasteiger partial charge in [0, 0.05) is 31.9 Å². The molecule has 1 amide bonds. The van der Waals surface area contributed by atoms with Gasteiger partial charge in [-0.15, -0.1) is 0 Å². The molecule has 0 saturated carbocycles. The van der Waals surface area contributed by atoms with Crippen molar-refractivity contribution < 1.29 is 35.5 Å². The highest BCUT2D eigenvalue weighted by atomic mass is 19.4. The van der Waals surface area contributed by atoms with E-state index in [1.807, 2.05) is 0 Å². The second-order valence-corrected chi connectivity index (χ2v) is 4.69. The summed E-state index contributed by atoms with van der Waals surface area (Å²) in [5.41, 5.74) is 0.690. The van der Waals surface area contributed by atoms with Crippen LogP contribution in [0.25, 0.3) is 0 Å². The molecule has 4 nitrogen and oxygen atoms in total. The van der Waals surface area contributed by atoms with Crippen molar-refractivity contribution in [3.05, 3.63) is 17.5 Å². The molecular weight excluding hydrogens is 323 g/mol. The minimum absolute atomic E-state index is 0.101. The van der Waals surface area contributed by atoms with E-state index >= 15 is 0 Å². The van der Waals surface area contributed by atoms with Crippen LogP contribution in [-0.2, 0) is 18.4 Å². The normalized spacial score (nSPS) is 13.4. The molecular formula is C11H12F7N3O. The lowest BCUT2D eigenvalue weighted by Crippen LogP contribution is -2.59. The van der Waals surface area contributed by atoms with E-state index in [0.29, 0.717) is 12.7 Å². The van der Waals surface area contributed by atoms with Crippen molar-refractivity contribution in [2.24, 2.45) is 7.05 Å². The Morgan fingerprint density at radius 2 is 1.73 bits per heavy atom. The summed E-state index contributed by atoms with van der Waals surface area (Å²) >= 11 is 0. The Morgan fingerprint density at radius 1 is 1.23 bits per heavy atom. The van der Waals surface area contributed by atoms with E-state index in [1.54, 1.807) is 0 Å². The van der Waals surface area contributed by atoms with Crippen LogP contribution >= 0.6 is 0 Å². The number of nitrogens with zero attached hydrogens (tertiary/aromatic N) is 3. The molecule has 1 heterocycles. The average Bonchev–Trinajstić information content (AvgIpc) is 2.68. The van der Waals surface area contributed by atoms with E-state index < -0.39 is 30.5 Å². The molecule has 1 rings (SSSR count). The average molecular weight is 335 g/mol. The van der Waals surface area contributed by atoms with Crippen LogP contribution in [0.2, 0.25) is 0 Å². The maximum Gasteiger partial charge on any atom is 0.460 e. The number of carbonyl (C=O) groups is 1. The molecule has 0 aliphatic rings. The van der Waals surface area contributed by atoms with Gasteiger partial charge in [0.05, 0.1) is 6.20 Å². The molecule has 0 aliphatic heterocycles. The van der Waals surface area contributed by atoms with E-state index in [0.717, 1.165) is 0 Å². The zero-order chi connectivity index (χ0) is 17.5. The van der Waals surface area contributed by atoms with E-state index in [1.165, 1.54) is 24.9 Å². The number of hydrogen-bond donors (Lipinski definition) is 0. The highest BCUT2D eigenvalue weighted by Crippen LogP contribution is 2.47. The van der Waals surface area contributed by atoms with Crippen LogP contribution in [0.15, 0.2) is 6.20 Å². The molecule has 0 bridgehead atoms. The third-order valence-corrected chi connectivity index (χ3v) is 3.11. The number of halogens is 7. The van der Waals surface area contributed by atoms with Crippen molar-refractivity contribution in [3.63, 3.8) is 0 Å². The number of alkyl halides is 7. The van der Waals surface area contributed by atoms with Gasteiger partial charge >= 0.3 is 18.0 Å². The minimum atomic E-state index is -6.54. The number of carbonyl (C=O) groups excluding carboxylic acids is 1. The third kappa shape index (κ3) is 2.88. The third-order valence-electron chi connectivity index (χ3n) is 3.11. The van der Waals surface area contributed by atoms with Gasteiger partial charge in [-0.2, -0.15) is 35.8 Å². The first-order chi connectivity index (χ1) is 9.73. The summed E-state index contributed by atoms with van der Waals surface area (Å²) in [6.45, 7) is 0.936. The number of aromatic nitrogens is 2. The van der Waals surface area contributed by atoms with Crippen molar-refractivity contribution >= 4 is 5.91 Å². The molecule has 0 aromatic carbocycles. The summed E-state index contributed by atoms with van der Waals surface area (Å²) < 4.78 is 89.6. The molecule has 22 heavy (non-hydrogen) atoms. The van der Waals surface area contributed by atoms with Crippen molar-refractivity contribution in [2.75, 3.05) is 7.05 Å². The second kappa shape index (κ2) is 5.43. The Hall–Kier alpha value is -1.81. The van der Waals surface area contributed by atoms with Crippen LogP contribution in [0.1, 0.15) is 11.3 Å². The fourth-order valence-electron chi connectivity index (χ4n) is 1.58. The van der Waals surface area contributed by atoms with Crippen LogP contribution in [0.3, 0.4) is 0 Å². The Bertz CT molecular complexity index is 565. The second-order valence-electron chi connectivity index (χ2n) is 4.69. The summed E-state index contributed by atoms with van der Waals surface area (Å²) in [7, 11) is 2.21. The largest absolute Gasteiger partial charge is 0.460 e. The standard InChI is InChI=1S/C11H12F7N3O/c1-6-7(4-19-21(6)3)5-20(2)8(22)9(12,13)10(14,15)11(16,17)18/h4H,5H2,1-3H3. The molecule has 126 valence electrons. The lowest BCUT2D eigenvalue weighted by Gasteiger charge is -2.30. The first kappa shape index (κ1) is 18.2. The number of rotatable bonds is 4. The van der Waals surface area contributed by atoms with E-state index in [2.05, 4.69) is 5.10 Å². The maximum atomic E-state index is 13.3. The summed E-state index contributed by atoms with van der Waals surface area (Å²) in [6, 6.07) is 0. The Labute approximate surface area is 120 Å². The first-order valence-corrected chi connectivity index (χ1v) is 5.79. The highest BCUT2D eigenvalue weighted by Gasteiger charge is 2.76. The quantitative estimate of drug-likeness (QED) is 0.793. The van der Waals surface area contributed by atoms with Crippen LogP contribution in [-0.4, -0.2) is 45.7 Å². The zero-order valence-corrected chi connectivity index (χ0v) is 11.7. The van der Waals surface area contributed by atoms with Crippen LogP contribution in [0.5, 0.6) is 0 Å². The van der Waals surface area contributed by atoms with Crippen molar-refractivity contribution in [1.29, 1.82) is 0 Å². The zero-order valence-electron chi connectivity index (χ0n) is 11.7. The van der Waals surface area contributed by atoms with Crippen molar-refractivity contribution in [2.45, 2.75) is 31.5 Å². The van der Waals surface area contributed by atoms with Gasteiger partial charge in [-0.3, -0.25) is 9.48 Å². The van der Waals surface area contributed by atoms with Crippen LogP contribution < -0.4 is 0 Å². The molecule has 0 aliphatic carbocycles. The van der Waals surface area contributed by atoms with E-state index in [4.69, 9.17) is 0 Å². The number of aryl methyl sites for hydroxylation is 1. The summed E-state index contributed by atoms with van der Waals surface area (Å²) in [5.74, 6) is -15.0. The fourth-order valence-corrected chi connectivity index (χ4v) is 1.58. The van der Waals surface area contributed by atoms with Gasteiger partial charge in [0.25, 0.3) is 5.91 Å². The van der Waals surface area contributed by atoms with E-state index in [9.17, 15) is 35.5 Å². The maximum absolute atomic E-state index is 13.3. The van der Waals surface area contributed by atoms with Crippen molar-refractivity contribution in [1.82, 2.24) is 14.7 Å². The number of hydrogen-bond acceptors (Lipinski definition) is 2. The van der Waals surface area contributed by atoms with Gasteiger partial charge in [-0.25, -0.2) is 0 Å². The highest BCUT2D eigenvalue weighted by molar-refractivity contribution is 5.84. The summed E-state index contributed by atoms with van der Waals surface area (Å²) in [5, 5.41) is 3.74. The Balaban J connectivity index is 3.01. The monoisotopic (exact) mass is 335 g/mol. The Morgan fingerprint density at radius 3 is 2.09 bits per heavy atom. The van der Waals surface area contributed by atoms with Gasteiger partial charge in [-0.1, -0.05) is 0 Å². The first-order valence-electron chi connectivity index (χ1n) is 5.79. The molecule has 0 unspecified atom stereocenters. The molecule has 0 saturated heterocycles. The van der Waals surface area contributed by atoms with Gasteiger partial charge in [-0.05, 0) is 6.92 Å². The van der Waals surface area contributed by atoms with Crippen molar-refractivity contribution in [3.8, 4) is 0 Å². The van der Waals surface area contributed by atoms with Crippen LogP contribution in [0, 0.1) is 6.92 Å². The fraction of sp³-hybridized carbons (Fsp3) is 0.636. The molecule has 0 atom stereocenters. The molecule has 0 N–H and O–H groups in total. The summed E-state index contributed by atoms with van der Waals surface area (Å²) in [6.07, 6.45) is -5.35. The Kier molecular flexibility index (Phi) is 4.50. The predicted octanol–water partition coefficient (Wildman–Crippen LogP) is 2.52. The molecule has 11 heteroatoms. The topological polar surface area (TPSA) is 38.1 Å². The molecule has 0 spiro atoms. The predicted molar refractivity (Wildman–Crippen MR) is 60.4 cm³/mol. The lowest BCUT2D eigenvalue weighted by molar-refractivity contribution is -0.345. The van der Waals surface area contributed by atoms with Gasteiger partial charge in [0.2, 0.25) is 0 Å². The van der Waals surface area contributed by atoms with Crippen LogP contribution in [0.4, 0.5) is 30.7 Å². The summed E-state index contributed by atoms with van der Waals surface area (Å²) in [4.78, 5) is 11.5. The molecule has 0 radical (unpaired) electrons. The van der Waals surface area contributed by atoms with E-state index in [-0.39, 0.29) is 10.5 Å². The molecule has 1 aromatic rings. The van der Waals surface area contributed by atoms with Gasteiger partial charge < -0.3 is 4.90 Å². The minimum Gasteiger partial charge on any atom is -0.336 e. The molecule has 0 fully saturated rings. The SMILES string of the molecule is Cc1c(CN(C)C(=O)C(F)(F)C(F)(F)C(F)(F)F)cnn1C. The molecule has 1 aromatic heterocycles. The lowest BCUT2D eigenvalue weighted by atomic mass is 10.1.